The Morgan fingerprint density at radius 3 is 2.64 bits per heavy atom. The van der Waals surface area contributed by atoms with Gasteiger partial charge in [-0.2, -0.15) is 0 Å². The Labute approximate surface area is 74.3 Å². The van der Waals surface area contributed by atoms with Crippen LogP contribution in [0, 0.1) is 0 Å². The maximum atomic E-state index is 5.46. The van der Waals surface area contributed by atoms with Gasteiger partial charge in [0, 0.05) is 12.5 Å². The summed E-state index contributed by atoms with van der Waals surface area (Å²) in [5, 5.41) is 1.33. The molecular weight excluding hydrogens is 176 g/mol. The van der Waals surface area contributed by atoms with E-state index in [1.165, 1.54) is 5.19 Å². The molecule has 0 aromatic heterocycles. The van der Waals surface area contributed by atoms with E-state index >= 15 is 0 Å². The fourth-order valence-corrected chi connectivity index (χ4v) is 2.10. The second-order valence-corrected chi connectivity index (χ2v) is 4.12. The zero-order chi connectivity index (χ0) is 7.94. The molecule has 0 saturated heterocycles. The number of hydrogen-bond acceptors (Lipinski definition) is 1. The summed E-state index contributed by atoms with van der Waals surface area (Å²) in [4.78, 5) is 0. The summed E-state index contributed by atoms with van der Waals surface area (Å²) >= 11 is 5.46. The monoisotopic (exact) mass is 186 g/mol. The third kappa shape index (κ3) is 3.56. The van der Waals surface area contributed by atoms with Gasteiger partial charge in [0.25, 0.3) is 0 Å². The lowest BCUT2D eigenvalue weighted by atomic mass is 10.4. The van der Waals surface area contributed by atoms with Gasteiger partial charge in [0.05, 0.1) is 0 Å². The van der Waals surface area contributed by atoms with Gasteiger partial charge in [0.1, 0.15) is 0 Å². The largest absolute Gasteiger partial charge is 0.417 e. The minimum Gasteiger partial charge on any atom is -0.417 e. The molecule has 0 aliphatic rings. The molecule has 0 heterocycles. The molecule has 11 heavy (non-hydrogen) atoms. The van der Waals surface area contributed by atoms with Gasteiger partial charge < -0.3 is 4.43 Å². The van der Waals surface area contributed by atoms with Gasteiger partial charge in [0.2, 0.25) is 0 Å². The molecule has 0 aliphatic carbocycles. The van der Waals surface area contributed by atoms with E-state index < -0.39 is 9.76 Å². The number of alkyl halides is 1. The molecule has 3 heteroatoms. The van der Waals surface area contributed by atoms with Crippen LogP contribution in [-0.4, -0.2) is 22.3 Å². The molecule has 60 valence electrons. The number of halogens is 1. The van der Waals surface area contributed by atoms with E-state index in [-0.39, 0.29) is 0 Å². The molecule has 0 radical (unpaired) electrons. The van der Waals surface area contributed by atoms with Crippen molar-refractivity contribution in [2.24, 2.45) is 0 Å². The molecule has 0 atom stereocenters. The summed E-state index contributed by atoms with van der Waals surface area (Å²) in [6, 6.07) is 10.3. The molecule has 0 amide bonds. The Balaban J connectivity index is 2.28. The van der Waals surface area contributed by atoms with Crippen molar-refractivity contribution in [3.63, 3.8) is 0 Å². The zero-order valence-electron chi connectivity index (χ0n) is 6.29. The average Bonchev–Trinajstić information content (AvgIpc) is 2.07. The Hall–Kier alpha value is -0.313. The minimum absolute atomic E-state index is 0.507. The van der Waals surface area contributed by atoms with Crippen LogP contribution in [0.15, 0.2) is 30.3 Å². The van der Waals surface area contributed by atoms with Gasteiger partial charge in [-0.05, 0) is 5.19 Å². The van der Waals surface area contributed by atoms with Gasteiger partial charge in [0.15, 0.2) is 9.76 Å². The van der Waals surface area contributed by atoms with Crippen LogP contribution in [0.4, 0.5) is 0 Å². The van der Waals surface area contributed by atoms with E-state index in [1.807, 2.05) is 18.2 Å². The predicted octanol–water partition coefficient (Wildman–Crippen LogP) is 0.651. The first-order valence-electron chi connectivity index (χ1n) is 3.61. The van der Waals surface area contributed by atoms with Crippen molar-refractivity contribution < 1.29 is 4.43 Å². The Kier molecular flexibility index (Phi) is 4.27. The van der Waals surface area contributed by atoms with Crippen LogP contribution in [0.5, 0.6) is 0 Å². The fourth-order valence-electron chi connectivity index (χ4n) is 0.819. The fraction of sp³-hybridized carbons (Fsp3) is 0.250. The Morgan fingerprint density at radius 2 is 2.00 bits per heavy atom. The molecule has 0 N–H and O–H groups in total. The van der Waals surface area contributed by atoms with Gasteiger partial charge >= 0.3 is 0 Å². The molecule has 0 fully saturated rings. The Bertz CT molecular complexity index is 191. The van der Waals surface area contributed by atoms with Crippen LogP contribution in [0.3, 0.4) is 0 Å². The Morgan fingerprint density at radius 1 is 1.27 bits per heavy atom. The second kappa shape index (κ2) is 5.35. The first-order chi connectivity index (χ1) is 5.43. The topological polar surface area (TPSA) is 9.23 Å². The average molecular weight is 187 g/mol. The second-order valence-electron chi connectivity index (χ2n) is 2.23. The maximum Gasteiger partial charge on any atom is 0.192 e. The highest BCUT2D eigenvalue weighted by molar-refractivity contribution is 6.46. The molecular formula is C8H11ClOSi. The van der Waals surface area contributed by atoms with Crippen molar-refractivity contribution in [1.29, 1.82) is 0 Å². The third-order valence-electron chi connectivity index (χ3n) is 1.33. The first-order valence-corrected chi connectivity index (χ1v) is 5.43. The summed E-state index contributed by atoms with van der Waals surface area (Å²) in [6.07, 6.45) is 0. The SMILES string of the molecule is ClCCO[SiH2]c1ccccc1. The maximum absolute atomic E-state index is 5.46. The van der Waals surface area contributed by atoms with Crippen LogP contribution in [0.1, 0.15) is 0 Å². The molecule has 1 rings (SSSR count). The molecule has 1 aromatic rings. The zero-order valence-corrected chi connectivity index (χ0v) is 8.46. The summed E-state index contributed by atoms with van der Waals surface area (Å²) in [6.45, 7) is 0.683. The van der Waals surface area contributed by atoms with Crippen LogP contribution >= 0.6 is 11.6 Å². The number of benzene rings is 1. The van der Waals surface area contributed by atoms with Crippen LogP contribution in [-0.2, 0) is 4.43 Å². The smallest absolute Gasteiger partial charge is 0.192 e. The summed E-state index contributed by atoms with van der Waals surface area (Å²) in [5.74, 6) is 0.597. The normalized spacial score (nSPS) is 11.0. The molecule has 0 unspecified atom stereocenters. The summed E-state index contributed by atoms with van der Waals surface area (Å²) in [7, 11) is -0.507. The van der Waals surface area contributed by atoms with E-state index in [0.717, 1.165) is 0 Å². The molecule has 0 saturated carbocycles. The van der Waals surface area contributed by atoms with Gasteiger partial charge in [-0.25, -0.2) is 0 Å². The van der Waals surface area contributed by atoms with Crippen molar-refractivity contribution in [1.82, 2.24) is 0 Å². The van der Waals surface area contributed by atoms with Gasteiger partial charge in [-0.1, -0.05) is 30.3 Å². The molecule has 1 nitrogen and oxygen atoms in total. The van der Waals surface area contributed by atoms with Gasteiger partial charge in [-0.15, -0.1) is 11.6 Å². The highest BCUT2D eigenvalue weighted by Gasteiger charge is 1.90. The quantitative estimate of drug-likeness (QED) is 0.381. The van der Waals surface area contributed by atoms with Crippen molar-refractivity contribution >= 4 is 26.6 Å². The van der Waals surface area contributed by atoms with Crippen molar-refractivity contribution in [2.75, 3.05) is 12.5 Å². The van der Waals surface area contributed by atoms with Crippen molar-refractivity contribution in [3.05, 3.63) is 30.3 Å². The van der Waals surface area contributed by atoms with Crippen molar-refractivity contribution in [2.45, 2.75) is 0 Å². The van der Waals surface area contributed by atoms with E-state index in [9.17, 15) is 0 Å². The third-order valence-corrected chi connectivity index (χ3v) is 2.78. The summed E-state index contributed by atoms with van der Waals surface area (Å²) < 4.78 is 5.38. The van der Waals surface area contributed by atoms with Crippen LogP contribution < -0.4 is 5.19 Å². The lowest BCUT2D eigenvalue weighted by molar-refractivity contribution is 0.370. The molecule has 1 aromatic carbocycles. The predicted molar refractivity (Wildman–Crippen MR) is 51.3 cm³/mol. The van der Waals surface area contributed by atoms with E-state index in [4.69, 9.17) is 16.0 Å². The van der Waals surface area contributed by atoms with Crippen LogP contribution in [0.2, 0.25) is 0 Å². The van der Waals surface area contributed by atoms with Gasteiger partial charge in [-0.3, -0.25) is 0 Å². The van der Waals surface area contributed by atoms with Crippen molar-refractivity contribution in [3.8, 4) is 0 Å². The number of rotatable bonds is 4. The number of hydrogen-bond donors (Lipinski definition) is 0. The highest BCUT2D eigenvalue weighted by atomic mass is 35.5. The van der Waals surface area contributed by atoms with E-state index in [1.54, 1.807) is 0 Å². The molecule has 0 aliphatic heterocycles. The lowest BCUT2D eigenvalue weighted by Gasteiger charge is -1.99. The van der Waals surface area contributed by atoms with Crippen LogP contribution in [0.25, 0.3) is 0 Å². The van der Waals surface area contributed by atoms with E-state index in [2.05, 4.69) is 12.1 Å². The molecule has 0 spiro atoms. The summed E-state index contributed by atoms with van der Waals surface area (Å²) in [5.41, 5.74) is 0. The van der Waals surface area contributed by atoms with E-state index in [0.29, 0.717) is 12.5 Å². The molecule has 0 bridgehead atoms. The minimum atomic E-state index is -0.507. The highest BCUT2D eigenvalue weighted by Crippen LogP contribution is 1.82. The lowest BCUT2D eigenvalue weighted by Crippen LogP contribution is -2.17. The first kappa shape index (κ1) is 8.78. The standard InChI is InChI=1S/C8H11ClOSi/c9-6-7-10-11-8-4-2-1-3-5-8/h1-5H,6-7,11H2.